The highest BCUT2D eigenvalue weighted by molar-refractivity contribution is 6.03. The molecule has 1 aliphatic heterocycles. The van der Waals surface area contributed by atoms with Gasteiger partial charge in [0, 0.05) is 43.2 Å². The van der Waals surface area contributed by atoms with Gasteiger partial charge in [-0.15, -0.1) is 0 Å². The van der Waals surface area contributed by atoms with E-state index in [1.807, 2.05) is 30.3 Å². The van der Waals surface area contributed by atoms with Crippen LogP contribution in [0.25, 0.3) is 22.4 Å². The van der Waals surface area contributed by atoms with Crippen molar-refractivity contribution in [2.75, 3.05) is 57.9 Å². The van der Waals surface area contributed by atoms with Crippen molar-refractivity contribution < 1.29 is 33.4 Å². The van der Waals surface area contributed by atoms with Crippen LogP contribution in [-0.4, -0.2) is 104 Å². The number of ether oxygens (including phenoxy) is 2. The molecular weight excluding hydrogens is 845 g/mol. The largest absolute Gasteiger partial charge is 0.492 e. The summed E-state index contributed by atoms with van der Waals surface area (Å²) in [7, 11) is 1.38. The molecule has 0 saturated heterocycles. The van der Waals surface area contributed by atoms with E-state index in [9.17, 15) is 24.0 Å². The summed E-state index contributed by atoms with van der Waals surface area (Å²) in [4.78, 5) is 75.8. The first-order valence-corrected chi connectivity index (χ1v) is 21.5. The van der Waals surface area contributed by atoms with Crippen LogP contribution < -0.4 is 59.4 Å². The predicted octanol–water partition coefficient (Wildman–Crippen LogP) is 1.38. The summed E-state index contributed by atoms with van der Waals surface area (Å²) < 4.78 is 12.2. The Kier molecular flexibility index (Phi) is 16.6. The maximum absolute atomic E-state index is 14.7. The first kappa shape index (κ1) is 49.7. The molecule has 0 saturated carbocycles. The zero-order valence-corrected chi connectivity index (χ0v) is 37.9. The molecule has 0 fully saturated rings. The number of nitrogens with one attached hydrogen (secondary N) is 4. The Morgan fingerprint density at radius 3 is 2.14 bits per heavy atom. The molecule has 4 bridgehead atoms. The van der Waals surface area contributed by atoms with Gasteiger partial charge in [0.1, 0.15) is 61.2 Å². The Labute approximate surface area is 384 Å². The van der Waals surface area contributed by atoms with Gasteiger partial charge in [0.25, 0.3) is 5.91 Å². The third-order valence-corrected chi connectivity index (χ3v) is 11.0. The fourth-order valence-electron chi connectivity index (χ4n) is 7.45. The minimum absolute atomic E-state index is 0.00939. The highest BCUT2D eigenvalue weighted by atomic mass is 16.5. The molecule has 0 spiro atoms. The normalized spacial score (nSPS) is 16.6. The number of likely N-dealkylation sites (N-methyl/N-ethyl adjacent to an activating group) is 1. The van der Waals surface area contributed by atoms with Gasteiger partial charge in [-0.3, -0.25) is 24.0 Å². The Balaban J connectivity index is 1.57. The summed E-state index contributed by atoms with van der Waals surface area (Å²) in [6.45, 7) is 7.99. The van der Waals surface area contributed by atoms with Crippen LogP contribution in [0.5, 0.6) is 11.5 Å². The quantitative estimate of drug-likeness (QED) is 0.0762. The van der Waals surface area contributed by atoms with Gasteiger partial charge >= 0.3 is 0 Å². The van der Waals surface area contributed by atoms with Gasteiger partial charge in [-0.25, -0.2) is 4.98 Å². The summed E-state index contributed by atoms with van der Waals surface area (Å²) in [5.41, 5.74) is 34.4. The average molecular weight is 905 g/mol. The molecular formula is C47H60N12O7. The van der Waals surface area contributed by atoms with Crippen molar-refractivity contribution in [1.82, 2.24) is 31.2 Å². The van der Waals surface area contributed by atoms with E-state index < -0.39 is 53.7 Å². The van der Waals surface area contributed by atoms with Crippen molar-refractivity contribution in [2.45, 2.75) is 70.1 Å². The Hall–Kier alpha value is -7.27. The number of nitrogens with zero attached hydrogens (tertiary/aromatic N) is 3. The van der Waals surface area contributed by atoms with Gasteiger partial charge in [0.2, 0.25) is 23.6 Å². The SMILES string of the molecule is C[C@@H]1NC(=O)[C@@H](N(C)C(=O)[C@H](CCN)NC(=O)c2cc(N)c(-c3ccc(C(C)(C)C)cc3)nc2N)c2ccc(OCCN)c(c2)-c2cc(ccc2OCCN)C[C@@H](C(=O)NCC#N)NC1=O. The van der Waals surface area contributed by atoms with Crippen LogP contribution in [0.15, 0.2) is 66.7 Å². The molecule has 0 aliphatic carbocycles. The third kappa shape index (κ3) is 11.9. The summed E-state index contributed by atoms with van der Waals surface area (Å²) >= 11 is 0. The molecule has 3 aromatic carbocycles. The van der Waals surface area contributed by atoms with Crippen LogP contribution in [0, 0.1) is 11.3 Å². The second-order valence-electron chi connectivity index (χ2n) is 16.9. The summed E-state index contributed by atoms with van der Waals surface area (Å²) in [5, 5.41) is 19.8. The van der Waals surface area contributed by atoms with E-state index in [1.54, 1.807) is 36.4 Å². The Bertz CT molecular complexity index is 2470. The molecule has 4 atom stereocenters. The number of amides is 5. The maximum Gasteiger partial charge on any atom is 0.255 e. The average Bonchev–Trinajstić information content (AvgIpc) is 3.29. The highest BCUT2D eigenvalue weighted by Gasteiger charge is 2.36. The van der Waals surface area contributed by atoms with Crippen LogP contribution in [0.2, 0.25) is 0 Å². The minimum Gasteiger partial charge on any atom is -0.492 e. The third-order valence-electron chi connectivity index (χ3n) is 11.0. The van der Waals surface area contributed by atoms with Gasteiger partial charge in [-0.1, -0.05) is 57.2 Å². The number of hydrogen-bond donors (Lipinski definition) is 9. The van der Waals surface area contributed by atoms with Crippen LogP contribution >= 0.6 is 0 Å². The topological polar surface area (TPSA) is 322 Å². The van der Waals surface area contributed by atoms with Crippen LogP contribution in [0.3, 0.4) is 0 Å². The van der Waals surface area contributed by atoms with Gasteiger partial charge in [0.15, 0.2) is 0 Å². The molecule has 1 aliphatic rings. The fraction of sp³-hybridized carbons (Fsp3) is 0.383. The number of anilines is 2. The van der Waals surface area contributed by atoms with E-state index in [0.717, 1.165) is 10.5 Å². The van der Waals surface area contributed by atoms with Crippen LogP contribution in [0.4, 0.5) is 11.5 Å². The molecule has 350 valence electrons. The van der Waals surface area contributed by atoms with E-state index in [4.69, 9.17) is 43.4 Å². The summed E-state index contributed by atoms with van der Waals surface area (Å²) in [6.07, 6.45) is -0.0609. The summed E-state index contributed by atoms with van der Waals surface area (Å²) in [5.74, 6) is -2.99. The van der Waals surface area contributed by atoms with Crippen LogP contribution in [-0.2, 0) is 31.0 Å². The number of nitrogen functional groups attached to an aromatic ring is 2. The molecule has 19 heteroatoms. The van der Waals surface area contributed by atoms with Crippen molar-refractivity contribution in [2.24, 2.45) is 17.2 Å². The molecule has 0 radical (unpaired) electrons. The lowest BCUT2D eigenvalue weighted by atomic mass is 9.86. The number of rotatable bonds is 15. The van der Waals surface area contributed by atoms with Gasteiger partial charge in [-0.2, -0.15) is 5.26 Å². The number of carbonyl (C=O) groups is 5. The number of nitriles is 1. The standard InChI is InChI=1S/C47H60N12O7/c1-26-42(60)57-36(44(62)54-19-16-49)23-27-6-12-37(65-20-17-50)31(22-27)32-24-29(9-13-38(32)66-21-18-51)40(45(63)55-26)59(5)46(64)35(14-15-48)56-43(61)33-25-34(52)39(58-41(33)53)28-7-10-30(11-8-28)47(2,3)4/h6-13,22,24-26,35-36,40H,14-15,17-21,23,48,50-52H2,1-5H3,(H2,53,58)(H,54,62)(H,55,63)(H,56,61)(H,57,60)/t26-,35-,36-,40-/m0/s1. The molecule has 19 nitrogen and oxygen atoms in total. The zero-order chi connectivity index (χ0) is 48.3. The van der Waals surface area contributed by atoms with E-state index in [-0.39, 0.29) is 80.3 Å². The number of benzene rings is 3. The summed E-state index contributed by atoms with van der Waals surface area (Å²) in [6, 6.07) is 15.9. The highest BCUT2D eigenvalue weighted by Crippen LogP contribution is 2.40. The number of hydrogen-bond acceptors (Lipinski definition) is 14. The fourth-order valence-corrected chi connectivity index (χ4v) is 7.45. The monoisotopic (exact) mass is 904 g/mol. The van der Waals surface area contributed by atoms with Crippen molar-refractivity contribution in [3.05, 3.63) is 89.0 Å². The van der Waals surface area contributed by atoms with Crippen molar-refractivity contribution in [3.8, 4) is 40.0 Å². The maximum atomic E-state index is 14.7. The second kappa shape index (κ2) is 22.1. The van der Waals surface area contributed by atoms with E-state index in [2.05, 4.69) is 47.0 Å². The Morgan fingerprint density at radius 2 is 1.53 bits per heavy atom. The van der Waals surface area contributed by atoms with Gasteiger partial charge in [0.05, 0.1) is 23.0 Å². The van der Waals surface area contributed by atoms with Crippen molar-refractivity contribution in [3.63, 3.8) is 0 Å². The van der Waals surface area contributed by atoms with E-state index >= 15 is 0 Å². The number of aromatic nitrogens is 1. The smallest absolute Gasteiger partial charge is 0.255 e. The number of nitrogens with two attached hydrogens (primary N) is 5. The second-order valence-corrected chi connectivity index (χ2v) is 16.9. The van der Waals surface area contributed by atoms with Crippen molar-refractivity contribution in [1.29, 1.82) is 5.26 Å². The first-order valence-electron chi connectivity index (χ1n) is 21.5. The molecule has 0 unspecified atom stereocenters. The van der Waals surface area contributed by atoms with Gasteiger partial charge in [-0.05, 0) is 72.3 Å². The Morgan fingerprint density at radius 1 is 0.894 bits per heavy atom. The molecule has 1 aromatic heterocycles. The molecule has 5 rings (SSSR count). The molecule has 14 N–H and O–H groups in total. The molecule has 2 heterocycles. The van der Waals surface area contributed by atoms with E-state index in [1.165, 1.54) is 20.0 Å². The zero-order valence-electron chi connectivity index (χ0n) is 37.9. The van der Waals surface area contributed by atoms with E-state index in [0.29, 0.717) is 39.4 Å². The molecule has 5 amide bonds. The number of carbonyl (C=O) groups excluding carboxylic acids is 5. The molecule has 4 aromatic rings. The lowest BCUT2D eigenvalue weighted by Gasteiger charge is -2.32. The minimum atomic E-state index is -1.44. The number of pyridine rings is 1. The first-order chi connectivity index (χ1) is 31.4. The van der Waals surface area contributed by atoms with Gasteiger partial charge < -0.3 is 64.3 Å². The lowest BCUT2D eigenvalue weighted by Crippen LogP contribution is -2.56. The molecule has 66 heavy (non-hydrogen) atoms. The van der Waals surface area contributed by atoms with Crippen molar-refractivity contribution >= 4 is 41.0 Å². The van der Waals surface area contributed by atoms with Crippen LogP contribution in [0.1, 0.15) is 67.2 Å². The predicted molar refractivity (Wildman–Crippen MR) is 250 cm³/mol. The number of fused-ring (bicyclic) bond motifs is 5. The lowest BCUT2D eigenvalue weighted by molar-refractivity contribution is -0.141.